The normalized spacial score (nSPS) is 11.2. The molecule has 2 heteroatoms. The molecule has 5 rings (SSSR count). The van der Waals surface area contributed by atoms with Gasteiger partial charge in [0.15, 0.2) is 0 Å². The van der Waals surface area contributed by atoms with E-state index in [0.29, 0.717) is 0 Å². The van der Waals surface area contributed by atoms with Gasteiger partial charge in [-0.25, -0.2) is 9.97 Å². The fraction of sp³-hybridized carbons (Fsp3) is 0.0769. The molecule has 0 aliphatic carbocycles. The van der Waals surface area contributed by atoms with Crippen molar-refractivity contribution in [2.45, 2.75) is 13.8 Å². The average Bonchev–Trinajstić information content (AvgIpc) is 2.72. The van der Waals surface area contributed by atoms with Crippen LogP contribution in [0.4, 0.5) is 0 Å². The molecule has 5 aromatic rings. The highest BCUT2D eigenvalue weighted by Gasteiger charge is 2.14. The Hall–Kier alpha value is -3.52. The molecule has 4 aromatic carbocycles. The second kappa shape index (κ2) is 6.58. The zero-order valence-corrected chi connectivity index (χ0v) is 16.0. The van der Waals surface area contributed by atoms with Crippen LogP contribution in [0, 0.1) is 13.8 Å². The van der Waals surface area contributed by atoms with Crippen LogP contribution in [0.25, 0.3) is 44.3 Å². The van der Waals surface area contributed by atoms with Gasteiger partial charge >= 0.3 is 0 Å². The summed E-state index contributed by atoms with van der Waals surface area (Å²) in [5, 5.41) is 2.37. The standard InChI is InChI=1S/C26H20N2/c1-17-7-11-19(12-8-17)25-26(20-13-9-18(2)10-14-20)28-24-16-22-6-4-3-5-21(22)15-23(24)27-25/h3-16H,1-2H3. The van der Waals surface area contributed by atoms with E-state index in [-0.39, 0.29) is 0 Å². The first-order chi connectivity index (χ1) is 13.7. The highest BCUT2D eigenvalue weighted by molar-refractivity contribution is 5.97. The van der Waals surface area contributed by atoms with Gasteiger partial charge < -0.3 is 0 Å². The smallest absolute Gasteiger partial charge is 0.0973 e. The van der Waals surface area contributed by atoms with Crippen LogP contribution >= 0.6 is 0 Å². The van der Waals surface area contributed by atoms with Crippen molar-refractivity contribution in [1.29, 1.82) is 0 Å². The number of aromatic nitrogens is 2. The largest absolute Gasteiger partial charge is 0.244 e. The van der Waals surface area contributed by atoms with Crippen LogP contribution < -0.4 is 0 Å². The summed E-state index contributed by atoms with van der Waals surface area (Å²) in [5.74, 6) is 0. The topological polar surface area (TPSA) is 25.8 Å². The number of fused-ring (bicyclic) bond motifs is 2. The first-order valence-electron chi connectivity index (χ1n) is 9.52. The Balaban J connectivity index is 1.82. The lowest BCUT2D eigenvalue weighted by Gasteiger charge is -2.12. The van der Waals surface area contributed by atoms with Crippen LogP contribution in [0.5, 0.6) is 0 Å². The third-order valence-corrected chi connectivity index (χ3v) is 5.18. The maximum atomic E-state index is 5.06. The maximum absolute atomic E-state index is 5.06. The summed E-state index contributed by atoms with van der Waals surface area (Å²) in [6.07, 6.45) is 0. The SMILES string of the molecule is Cc1ccc(-c2nc3cc4ccccc4cc3nc2-c2ccc(C)cc2)cc1. The molecule has 0 spiro atoms. The third-order valence-electron chi connectivity index (χ3n) is 5.18. The van der Waals surface area contributed by atoms with Crippen molar-refractivity contribution in [2.24, 2.45) is 0 Å². The molecule has 0 amide bonds. The van der Waals surface area contributed by atoms with Crippen LogP contribution in [0.1, 0.15) is 11.1 Å². The summed E-state index contributed by atoms with van der Waals surface area (Å²) in [5.41, 5.74) is 8.33. The van der Waals surface area contributed by atoms with Crippen molar-refractivity contribution in [1.82, 2.24) is 9.97 Å². The summed E-state index contributed by atoms with van der Waals surface area (Å²) in [6, 6.07) is 29.6. The number of aryl methyl sites for hydroxylation is 2. The highest BCUT2D eigenvalue weighted by Crippen LogP contribution is 2.32. The van der Waals surface area contributed by atoms with Crippen LogP contribution in [0.3, 0.4) is 0 Å². The van der Waals surface area contributed by atoms with Gasteiger partial charge in [-0.2, -0.15) is 0 Å². The van der Waals surface area contributed by atoms with Crippen LogP contribution in [0.15, 0.2) is 84.9 Å². The zero-order valence-electron chi connectivity index (χ0n) is 16.0. The predicted octanol–water partition coefficient (Wildman–Crippen LogP) is 6.73. The van der Waals surface area contributed by atoms with Crippen LogP contribution in [-0.4, -0.2) is 9.97 Å². The van der Waals surface area contributed by atoms with E-state index in [4.69, 9.17) is 9.97 Å². The van der Waals surface area contributed by atoms with Crippen LogP contribution in [-0.2, 0) is 0 Å². The lowest BCUT2D eigenvalue weighted by molar-refractivity contribution is 1.29. The van der Waals surface area contributed by atoms with Crippen molar-refractivity contribution in [3.8, 4) is 22.5 Å². The Bertz CT molecular complexity index is 1200. The molecule has 0 radical (unpaired) electrons. The van der Waals surface area contributed by atoms with E-state index in [1.165, 1.54) is 21.9 Å². The van der Waals surface area contributed by atoms with Gasteiger partial charge in [0.1, 0.15) is 0 Å². The molecule has 0 N–H and O–H groups in total. The second-order valence-corrected chi connectivity index (χ2v) is 7.34. The lowest BCUT2D eigenvalue weighted by Crippen LogP contribution is -1.96. The summed E-state index contributed by atoms with van der Waals surface area (Å²) < 4.78 is 0. The maximum Gasteiger partial charge on any atom is 0.0973 e. The van der Waals surface area contributed by atoms with E-state index < -0.39 is 0 Å². The molecule has 0 bridgehead atoms. The molecule has 0 fully saturated rings. The Morgan fingerprint density at radius 3 is 1.29 bits per heavy atom. The Kier molecular flexibility index (Phi) is 3.91. The van der Waals surface area contributed by atoms with E-state index in [2.05, 4.69) is 98.8 Å². The number of hydrogen-bond acceptors (Lipinski definition) is 2. The average molecular weight is 360 g/mol. The minimum absolute atomic E-state index is 0.921. The number of hydrogen-bond donors (Lipinski definition) is 0. The summed E-state index contributed by atoms with van der Waals surface area (Å²) >= 11 is 0. The van der Waals surface area contributed by atoms with Crippen molar-refractivity contribution in [2.75, 3.05) is 0 Å². The predicted molar refractivity (Wildman–Crippen MR) is 117 cm³/mol. The van der Waals surface area contributed by atoms with Gasteiger partial charge in [0.25, 0.3) is 0 Å². The van der Waals surface area contributed by atoms with Gasteiger partial charge in [0.2, 0.25) is 0 Å². The van der Waals surface area contributed by atoms with Gasteiger partial charge in [-0.1, -0.05) is 83.9 Å². The van der Waals surface area contributed by atoms with E-state index in [1.54, 1.807) is 0 Å². The van der Waals surface area contributed by atoms with Gasteiger partial charge in [0.05, 0.1) is 22.4 Å². The fourth-order valence-corrected chi connectivity index (χ4v) is 3.57. The molecule has 28 heavy (non-hydrogen) atoms. The Morgan fingerprint density at radius 1 is 0.500 bits per heavy atom. The molecular formula is C26H20N2. The quantitative estimate of drug-likeness (QED) is 0.326. The van der Waals surface area contributed by atoms with Crippen molar-refractivity contribution in [3.63, 3.8) is 0 Å². The van der Waals surface area contributed by atoms with Crippen molar-refractivity contribution >= 4 is 21.8 Å². The third kappa shape index (κ3) is 2.93. The summed E-state index contributed by atoms with van der Waals surface area (Å²) in [6.45, 7) is 4.20. The number of rotatable bonds is 2. The second-order valence-electron chi connectivity index (χ2n) is 7.34. The minimum Gasteiger partial charge on any atom is -0.244 e. The molecule has 0 saturated heterocycles. The molecule has 0 atom stereocenters. The van der Waals surface area contributed by atoms with E-state index in [9.17, 15) is 0 Å². The lowest BCUT2D eigenvalue weighted by atomic mass is 10.0. The van der Waals surface area contributed by atoms with E-state index in [0.717, 1.165) is 33.5 Å². The first kappa shape index (κ1) is 16.6. The Labute approximate surface area is 164 Å². The van der Waals surface area contributed by atoms with Crippen LogP contribution in [0.2, 0.25) is 0 Å². The van der Waals surface area contributed by atoms with Crippen molar-refractivity contribution < 1.29 is 0 Å². The van der Waals surface area contributed by atoms with Gasteiger partial charge in [-0.05, 0) is 36.8 Å². The Morgan fingerprint density at radius 2 is 0.893 bits per heavy atom. The number of benzene rings is 4. The van der Waals surface area contributed by atoms with Gasteiger partial charge in [0, 0.05) is 11.1 Å². The van der Waals surface area contributed by atoms with E-state index in [1.807, 2.05) is 0 Å². The summed E-state index contributed by atoms with van der Waals surface area (Å²) in [7, 11) is 0. The van der Waals surface area contributed by atoms with E-state index >= 15 is 0 Å². The molecule has 134 valence electrons. The molecule has 0 saturated carbocycles. The monoisotopic (exact) mass is 360 g/mol. The molecule has 0 aliphatic heterocycles. The van der Waals surface area contributed by atoms with Gasteiger partial charge in [-0.3, -0.25) is 0 Å². The fourth-order valence-electron chi connectivity index (χ4n) is 3.57. The van der Waals surface area contributed by atoms with Crippen molar-refractivity contribution in [3.05, 3.63) is 96.1 Å². The number of nitrogens with zero attached hydrogens (tertiary/aromatic N) is 2. The minimum atomic E-state index is 0.921. The molecule has 1 aromatic heterocycles. The summed E-state index contributed by atoms with van der Waals surface area (Å²) in [4.78, 5) is 10.1. The molecule has 0 unspecified atom stereocenters. The zero-order chi connectivity index (χ0) is 19.1. The molecule has 2 nitrogen and oxygen atoms in total. The molecule has 1 heterocycles. The van der Waals surface area contributed by atoms with Gasteiger partial charge in [-0.15, -0.1) is 0 Å². The first-order valence-corrected chi connectivity index (χ1v) is 9.52. The molecular weight excluding hydrogens is 340 g/mol. The molecule has 0 aliphatic rings. The highest BCUT2D eigenvalue weighted by atomic mass is 14.8.